The lowest BCUT2D eigenvalue weighted by atomic mass is 10.2. The largest absolute Gasteiger partial charge is 0.419 e. The summed E-state index contributed by atoms with van der Waals surface area (Å²) in [4.78, 5) is -0.790. The number of halogens is 4. The number of benzene rings is 2. The topological polar surface area (TPSA) is 76.3 Å². The van der Waals surface area contributed by atoms with E-state index in [-0.39, 0.29) is 18.3 Å². The Morgan fingerprint density at radius 2 is 1.73 bits per heavy atom. The maximum atomic E-state index is 13.4. The highest BCUT2D eigenvalue weighted by molar-refractivity contribution is 7.89. The zero-order valence-electron chi connectivity index (χ0n) is 15.3. The van der Waals surface area contributed by atoms with E-state index in [0.29, 0.717) is 23.4 Å². The number of rotatable bonds is 6. The van der Waals surface area contributed by atoms with E-state index in [1.807, 2.05) is 0 Å². The molecule has 158 valence electrons. The van der Waals surface area contributed by atoms with Crippen molar-refractivity contribution in [3.63, 3.8) is 0 Å². The molecule has 4 rings (SSSR count). The molecule has 1 heterocycles. The quantitative estimate of drug-likeness (QED) is 0.533. The molecule has 30 heavy (non-hydrogen) atoms. The molecular weight excluding hydrogens is 443 g/mol. The highest BCUT2D eigenvalue weighted by Gasteiger charge is 2.43. The van der Waals surface area contributed by atoms with E-state index in [1.165, 1.54) is 6.07 Å². The molecule has 1 aromatic heterocycles. The van der Waals surface area contributed by atoms with Crippen molar-refractivity contribution in [2.24, 2.45) is 0 Å². The monoisotopic (exact) mass is 457 g/mol. The summed E-state index contributed by atoms with van der Waals surface area (Å²) in [6, 6.07) is 10.3. The molecule has 0 bridgehead atoms. The number of sulfonamides is 1. The SMILES string of the molecule is O=S(=O)(c1ccccc1C(F)(F)F)N(Cc1nnc(-c2ccc(Cl)cc2)o1)C1CC1. The van der Waals surface area contributed by atoms with Gasteiger partial charge in [0.15, 0.2) is 0 Å². The highest BCUT2D eigenvalue weighted by Crippen LogP contribution is 2.39. The van der Waals surface area contributed by atoms with Crippen molar-refractivity contribution < 1.29 is 26.0 Å². The van der Waals surface area contributed by atoms with Crippen LogP contribution in [-0.2, 0) is 22.7 Å². The van der Waals surface area contributed by atoms with Gasteiger partial charge in [0.2, 0.25) is 21.8 Å². The van der Waals surface area contributed by atoms with Crippen LogP contribution in [0.5, 0.6) is 0 Å². The molecule has 1 aliphatic carbocycles. The molecule has 0 radical (unpaired) electrons. The normalized spacial score (nSPS) is 15.0. The van der Waals surface area contributed by atoms with Gasteiger partial charge in [-0.1, -0.05) is 23.7 Å². The van der Waals surface area contributed by atoms with Crippen LogP contribution in [0.3, 0.4) is 0 Å². The minimum atomic E-state index is -4.80. The van der Waals surface area contributed by atoms with Crippen LogP contribution in [0.1, 0.15) is 24.3 Å². The second-order valence-electron chi connectivity index (χ2n) is 6.78. The molecule has 11 heteroatoms. The number of hydrogen-bond acceptors (Lipinski definition) is 5. The molecule has 1 aliphatic rings. The van der Waals surface area contributed by atoms with Gasteiger partial charge in [-0.2, -0.15) is 17.5 Å². The van der Waals surface area contributed by atoms with Crippen molar-refractivity contribution in [3.05, 3.63) is 65.0 Å². The fourth-order valence-electron chi connectivity index (χ4n) is 2.98. The minimum Gasteiger partial charge on any atom is -0.419 e. The Labute approximate surface area is 175 Å². The van der Waals surface area contributed by atoms with Gasteiger partial charge < -0.3 is 4.42 Å². The van der Waals surface area contributed by atoms with Crippen molar-refractivity contribution in [1.29, 1.82) is 0 Å². The molecule has 0 amide bonds. The van der Waals surface area contributed by atoms with Gasteiger partial charge in [-0.15, -0.1) is 10.2 Å². The number of hydrogen-bond donors (Lipinski definition) is 0. The van der Waals surface area contributed by atoms with Gasteiger partial charge in [0.25, 0.3) is 0 Å². The van der Waals surface area contributed by atoms with Crippen LogP contribution in [0.25, 0.3) is 11.5 Å². The van der Waals surface area contributed by atoms with E-state index in [0.717, 1.165) is 22.5 Å². The minimum absolute atomic E-state index is 0.0140. The van der Waals surface area contributed by atoms with Crippen molar-refractivity contribution in [3.8, 4) is 11.5 Å². The summed E-state index contributed by atoms with van der Waals surface area (Å²) < 4.78 is 72.9. The lowest BCUT2D eigenvalue weighted by molar-refractivity contribution is -0.139. The van der Waals surface area contributed by atoms with Gasteiger partial charge >= 0.3 is 6.18 Å². The molecule has 0 spiro atoms. The molecule has 3 aromatic rings. The summed E-state index contributed by atoms with van der Waals surface area (Å²) in [6.07, 6.45) is -3.71. The lowest BCUT2D eigenvalue weighted by Crippen LogP contribution is -2.34. The number of aromatic nitrogens is 2. The fraction of sp³-hybridized carbons (Fsp3) is 0.263. The summed E-state index contributed by atoms with van der Waals surface area (Å²) in [5.41, 5.74) is -0.621. The Morgan fingerprint density at radius 1 is 1.07 bits per heavy atom. The smallest absolute Gasteiger partial charge is 0.417 e. The first-order valence-corrected chi connectivity index (χ1v) is 10.7. The van der Waals surface area contributed by atoms with Crippen LogP contribution < -0.4 is 0 Å². The first kappa shape index (κ1) is 20.8. The van der Waals surface area contributed by atoms with E-state index >= 15 is 0 Å². The van der Waals surface area contributed by atoms with E-state index in [1.54, 1.807) is 24.3 Å². The third-order valence-corrected chi connectivity index (χ3v) is 6.79. The average molecular weight is 458 g/mol. The maximum Gasteiger partial charge on any atom is 0.417 e. The van der Waals surface area contributed by atoms with E-state index in [2.05, 4.69) is 10.2 Å². The fourth-order valence-corrected chi connectivity index (χ4v) is 4.96. The lowest BCUT2D eigenvalue weighted by Gasteiger charge is -2.22. The Balaban J connectivity index is 1.65. The van der Waals surface area contributed by atoms with Crippen LogP contribution in [0.2, 0.25) is 5.02 Å². The van der Waals surface area contributed by atoms with Crippen LogP contribution in [-0.4, -0.2) is 29.0 Å². The van der Waals surface area contributed by atoms with Gasteiger partial charge in [0.1, 0.15) is 0 Å². The summed E-state index contributed by atoms with van der Waals surface area (Å²) >= 11 is 5.85. The molecule has 0 aliphatic heterocycles. The molecule has 1 saturated carbocycles. The van der Waals surface area contributed by atoms with E-state index in [9.17, 15) is 21.6 Å². The third kappa shape index (κ3) is 4.21. The Kier molecular flexibility index (Phi) is 5.33. The molecule has 0 N–H and O–H groups in total. The number of alkyl halides is 3. The molecular formula is C19H15ClF3N3O3S. The molecule has 0 unspecified atom stereocenters. The first-order chi connectivity index (χ1) is 14.2. The van der Waals surface area contributed by atoms with Gasteiger partial charge in [0.05, 0.1) is 17.0 Å². The zero-order chi connectivity index (χ0) is 21.5. The van der Waals surface area contributed by atoms with Gasteiger partial charge in [-0.25, -0.2) is 8.42 Å². The van der Waals surface area contributed by atoms with E-state index in [4.69, 9.17) is 16.0 Å². The second kappa shape index (κ2) is 7.68. The maximum absolute atomic E-state index is 13.4. The Morgan fingerprint density at radius 3 is 2.37 bits per heavy atom. The standard InChI is InChI=1S/C19H15ClF3N3O3S/c20-13-7-5-12(6-8-13)18-25-24-17(29-18)11-26(14-9-10-14)30(27,28)16-4-2-1-3-15(16)19(21,22)23/h1-8,14H,9-11H2. The molecule has 2 aromatic carbocycles. The predicted molar refractivity (Wildman–Crippen MR) is 102 cm³/mol. The molecule has 0 atom stereocenters. The average Bonchev–Trinajstić information content (AvgIpc) is 3.43. The van der Waals surface area contributed by atoms with Crippen LogP contribution in [0.4, 0.5) is 13.2 Å². The highest BCUT2D eigenvalue weighted by atomic mass is 35.5. The molecule has 0 saturated heterocycles. The summed E-state index contributed by atoms with van der Waals surface area (Å²) in [5, 5.41) is 8.29. The second-order valence-corrected chi connectivity index (χ2v) is 9.08. The Bertz CT molecular complexity index is 1160. The predicted octanol–water partition coefficient (Wildman–Crippen LogP) is 4.76. The summed E-state index contributed by atoms with van der Waals surface area (Å²) in [7, 11) is -4.44. The molecule has 6 nitrogen and oxygen atoms in total. The third-order valence-electron chi connectivity index (χ3n) is 4.58. The number of nitrogens with zero attached hydrogens (tertiary/aromatic N) is 3. The molecule has 1 fully saturated rings. The van der Waals surface area contributed by atoms with Crippen LogP contribution in [0, 0.1) is 0 Å². The summed E-state index contributed by atoms with van der Waals surface area (Å²) in [6.45, 7) is -0.320. The zero-order valence-corrected chi connectivity index (χ0v) is 16.9. The first-order valence-electron chi connectivity index (χ1n) is 8.92. The van der Waals surface area contributed by atoms with Crippen molar-refractivity contribution >= 4 is 21.6 Å². The van der Waals surface area contributed by atoms with Crippen LogP contribution in [0.15, 0.2) is 57.8 Å². The van der Waals surface area contributed by atoms with Gasteiger partial charge in [0, 0.05) is 16.6 Å². The van der Waals surface area contributed by atoms with Gasteiger partial charge in [-0.05, 0) is 49.2 Å². The van der Waals surface area contributed by atoms with Crippen molar-refractivity contribution in [1.82, 2.24) is 14.5 Å². The van der Waals surface area contributed by atoms with Crippen molar-refractivity contribution in [2.45, 2.75) is 36.5 Å². The van der Waals surface area contributed by atoms with Gasteiger partial charge in [-0.3, -0.25) is 0 Å². The summed E-state index contributed by atoms with van der Waals surface area (Å²) in [5.74, 6) is 0.144. The van der Waals surface area contributed by atoms with Crippen LogP contribution >= 0.6 is 11.6 Å². The van der Waals surface area contributed by atoms with E-state index < -0.39 is 32.7 Å². The Hall–Kier alpha value is -2.43. The van der Waals surface area contributed by atoms with Crippen molar-refractivity contribution in [2.75, 3.05) is 0 Å².